The highest BCUT2D eigenvalue weighted by molar-refractivity contribution is 5.79. The van der Waals surface area contributed by atoms with Crippen molar-refractivity contribution in [2.45, 2.75) is 39.7 Å². The van der Waals surface area contributed by atoms with E-state index in [1.807, 2.05) is 25.1 Å². The third-order valence-electron chi connectivity index (χ3n) is 4.09. The minimum atomic E-state index is 0.558. The SMILES string of the molecule is CCOc1cc(CCCNC(=NC)NCc2cc(CC)no2)ccc1OC. The van der Waals surface area contributed by atoms with Gasteiger partial charge in [0.2, 0.25) is 0 Å². The maximum atomic E-state index is 5.63. The zero-order valence-corrected chi connectivity index (χ0v) is 16.7. The van der Waals surface area contributed by atoms with Crippen LogP contribution in [0.5, 0.6) is 11.5 Å². The van der Waals surface area contributed by atoms with Gasteiger partial charge in [-0.1, -0.05) is 18.1 Å². The number of guanidine groups is 1. The zero-order valence-electron chi connectivity index (χ0n) is 16.7. The Balaban J connectivity index is 1.75. The Hall–Kier alpha value is -2.70. The molecule has 1 aromatic carbocycles. The highest BCUT2D eigenvalue weighted by atomic mass is 16.5. The minimum absolute atomic E-state index is 0.558. The van der Waals surface area contributed by atoms with Crippen molar-refractivity contribution in [3.63, 3.8) is 0 Å². The van der Waals surface area contributed by atoms with Crippen LogP contribution in [0.25, 0.3) is 0 Å². The van der Waals surface area contributed by atoms with E-state index in [1.54, 1.807) is 14.2 Å². The zero-order chi connectivity index (χ0) is 19.5. The highest BCUT2D eigenvalue weighted by Gasteiger charge is 2.06. The molecule has 7 nitrogen and oxygen atoms in total. The highest BCUT2D eigenvalue weighted by Crippen LogP contribution is 2.28. The van der Waals surface area contributed by atoms with Crippen LogP contribution in [0.3, 0.4) is 0 Å². The van der Waals surface area contributed by atoms with E-state index >= 15 is 0 Å². The summed E-state index contributed by atoms with van der Waals surface area (Å²) < 4.78 is 16.2. The number of hydrogen-bond donors (Lipinski definition) is 2. The van der Waals surface area contributed by atoms with E-state index in [-0.39, 0.29) is 0 Å². The molecule has 148 valence electrons. The summed E-state index contributed by atoms with van der Waals surface area (Å²) in [5.41, 5.74) is 2.18. The van der Waals surface area contributed by atoms with Crippen molar-refractivity contribution in [2.24, 2.45) is 4.99 Å². The quantitative estimate of drug-likeness (QED) is 0.378. The Bertz CT molecular complexity index is 728. The van der Waals surface area contributed by atoms with Crippen LogP contribution in [0.2, 0.25) is 0 Å². The Morgan fingerprint density at radius 1 is 1.19 bits per heavy atom. The van der Waals surface area contributed by atoms with Gasteiger partial charge in [-0.15, -0.1) is 0 Å². The van der Waals surface area contributed by atoms with Crippen molar-refractivity contribution in [1.29, 1.82) is 0 Å². The van der Waals surface area contributed by atoms with Crippen LogP contribution in [0, 0.1) is 0 Å². The average molecular weight is 374 g/mol. The van der Waals surface area contributed by atoms with Crippen molar-refractivity contribution in [2.75, 3.05) is 27.3 Å². The third-order valence-corrected chi connectivity index (χ3v) is 4.09. The molecular weight excluding hydrogens is 344 g/mol. The summed E-state index contributed by atoms with van der Waals surface area (Å²) in [6.07, 6.45) is 2.78. The molecule has 1 aromatic heterocycles. The molecule has 0 bridgehead atoms. The second-order valence-corrected chi connectivity index (χ2v) is 6.01. The summed E-state index contributed by atoms with van der Waals surface area (Å²) in [6, 6.07) is 8.03. The molecule has 1 heterocycles. The molecular formula is C20H30N4O3. The molecule has 0 atom stereocenters. The van der Waals surface area contributed by atoms with Gasteiger partial charge in [-0.25, -0.2) is 0 Å². The van der Waals surface area contributed by atoms with Gasteiger partial charge in [-0.3, -0.25) is 4.99 Å². The molecule has 2 rings (SSSR count). The van der Waals surface area contributed by atoms with Crippen LogP contribution in [0.15, 0.2) is 33.8 Å². The van der Waals surface area contributed by atoms with Crippen LogP contribution in [0.4, 0.5) is 0 Å². The summed E-state index contributed by atoms with van der Waals surface area (Å²) in [5, 5.41) is 10.5. The van der Waals surface area contributed by atoms with E-state index in [0.717, 1.165) is 54.7 Å². The summed E-state index contributed by atoms with van der Waals surface area (Å²) in [4.78, 5) is 4.23. The van der Waals surface area contributed by atoms with Crippen molar-refractivity contribution in [1.82, 2.24) is 15.8 Å². The van der Waals surface area contributed by atoms with Gasteiger partial charge in [-0.05, 0) is 43.9 Å². The van der Waals surface area contributed by atoms with Gasteiger partial charge in [0.1, 0.15) is 0 Å². The fourth-order valence-electron chi connectivity index (χ4n) is 2.64. The second kappa shape index (κ2) is 11.1. The lowest BCUT2D eigenvalue weighted by atomic mass is 10.1. The summed E-state index contributed by atoms with van der Waals surface area (Å²) in [6.45, 7) is 6.01. The number of aryl methyl sites for hydroxylation is 2. The van der Waals surface area contributed by atoms with Crippen molar-refractivity contribution < 1.29 is 14.0 Å². The molecule has 2 aromatic rings. The van der Waals surface area contributed by atoms with Gasteiger partial charge in [0.15, 0.2) is 23.2 Å². The van der Waals surface area contributed by atoms with Crippen LogP contribution in [-0.2, 0) is 19.4 Å². The van der Waals surface area contributed by atoms with Crippen LogP contribution in [-0.4, -0.2) is 38.4 Å². The average Bonchev–Trinajstić information content (AvgIpc) is 3.16. The number of aliphatic imine (C=N–C) groups is 1. The molecule has 0 radical (unpaired) electrons. The topological polar surface area (TPSA) is 80.9 Å². The molecule has 27 heavy (non-hydrogen) atoms. The van der Waals surface area contributed by atoms with Crippen LogP contribution >= 0.6 is 0 Å². The molecule has 0 spiro atoms. The van der Waals surface area contributed by atoms with Crippen molar-refractivity contribution in [3.8, 4) is 11.5 Å². The maximum Gasteiger partial charge on any atom is 0.191 e. The molecule has 7 heteroatoms. The number of hydrogen-bond acceptors (Lipinski definition) is 5. The minimum Gasteiger partial charge on any atom is -0.493 e. The monoisotopic (exact) mass is 374 g/mol. The van der Waals surface area contributed by atoms with Crippen LogP contribution < -0.4 is 20.1 Å². The van der Waals surface area contributed by atoms with Gasteiger partial charge in [0.25, 0.3) is 0 Å². The third kappa shape index (κ3) is 6.51. The summed E-state index contributed by atoms with van der Waals surface area (Å²) in [5.74, 6) is 3.11. The van der Waals surface area contributed by atoms with Gasteiger partial charge in [0, 0.05) is 19.7 Å². The molecule has 0 amide bonds. The van der Waals surface area contributed by atoms with Crippen molar-refractivity contribution in [3.05, 3.63) is 41.3 Å². The van der Waals surface area contributed by atoms with E-state index in [1.165, 1.54) is 5.56 Å². The molecule has 0 unspecified atom stereocenters. The lowest BCUT2D eigenvalue weighted by Gasteiger charge is -2.12. The van der Waals surface area contributed by atoms with Crippen molar-refractivity contribution >= 4 is 5.96 Å². The first-order valence-electron chi connectivity index (χ1n) is 9.38. The lowest BCUT2D eigenvalue weighted by molar-refractivity contribution is 0.310. The molecule has 0 saturated heterocycles. The molecule has 0 fully saturated rings. The Morgan fingerprint density at radius 3 is 2.70 bits per heavy atom. The Kier molecular flexibility index (Phi) is 8.48. The molecule has 0 aliphatic heterocycles. The predicted octanol–water partition coefficient (Wildman–Crippen LogP) is 2.94. The van der Waals surface area contributed by atoms with Gasteiger partial charge < -0.3 is 24.6 Å². The number of nitrogens with one attached hydrogen (secondary N) is 2. The number of benzene rings is 1. The van der Waals surface area contributed by atoms with Crippen LogP contribution in [0.1, 0.15) is 37.3 Å². The van der Waals surface area contributed by atoms with E-state index in [2.05, 4.69) is 33.8 Å². The number of nitrogens with zero attached hydrogens (tertiary/aromatic N) is 2. The normalized spacial score (nSPS) is 11.3. The van der Waals surface area contributed by atoms with E-state index in [0.29, 0.717) is 13.2 Å². The standard InChI is InChI=1S/C20H30N4O3/c1-5-16-13-17(27-24-16)14-23-20(21-3)22-11-7-8-15-9-10-18(25-4)19(12-15)26-6-2/h9-10,12-13H,5-8,11,14H2,1-4H3,(H2,21,22,23). The fourth-order valence-corrected chi connectivity index (χ4v) is 2.64. The lowest BCUT2D eigenvalue weighted by Crippen LogP contribution is -2.37. The smallest absolute Gasteiger partial charge is 0.191 e. The maximum absolute atomic E-state index is 5.63. The van der Waals surface area contributed by atoms with Gasteiger partial charge in [-0.2, -0.15) is 0 Å². The predicted molar refractivity (Wildman–Crippen MR) is 107 cm³/mol. The van der Waals surface area contributed by atoms with Gasteiger partial charge >= 0.3 is 0 Å². The first kappa shape index (κ1) is 20.6. The second-order valence-electron chi connectivity index (χ2n) is 6.01. The molecule has 0 saturated carbocycles. The van der Waals surface area contributed by atoms with E-state index in [9.17, 15) is 0 Å². The number of aromatic nitrogens is 1. The number of rotatable bonds is 10. The van der Waals surface area contributed by atoms with E-state index < -0.39 is 0 Å². The molecule has 0 aliphatic rings. The first-order chi connectivity index (χ1) is 13.2. The summed E-state index contributed by atoms with van der Waals surface area (Å²) in [7, 11) is 3.41. The Labute approximate surface area is 161 Å². The fraction of sp³-hybridized carbons (Fsp3) is 0.500. The first-order valence-corrected chi connectivity index (χ1v) is 9.38. The molecule has 2 N–H and O–H groups in total. The molecule has 0 aliphatic carbocycles. The number of ether oxygens (including phenoxy) is 2. The number of methoxy groups -OCH3 is 1. The largest absolute Gasteiger partial charge is 0.493 e. The van der Waals surface area contributed by atoms with Gasteiger partial charge in [0.05, 0.1) is 26.0 Å². The Morgan fingerprint density at radius 2 is 2.04 bits per heavy atom. The summed E-state index contributed by atoms with van der Waals surface area (Å²) >= 11 is 0. The van der Waals surface area contributed by atoms with E-state index in [4.69, 9.17) is 14.0 Å².